The van der Waals surface area contributed by atoms with Gasteiger partial charge in [0.1, 0.15) is 24.3 Å². The minimum absolute atomic E-state index is 0.0339. The average Bonchev–Trinajstić information content (AvgIpc) is 3.56. The molecule has 0 bridgehead atoms. The lowest BCUT2D eigenvalue weighted by molar-refractivity contribution is -0.140. The summed E-state index contributed by atoms with van der Waals surface area (Å²) in [6, 6.07) is 7.90. The average molecular weight is 571 g/mol. The first-order valence-corrected chi connectivity index (χ1v) is 15.0. The predicted molar refractivity (Wildman–Crippen MR) is 154 cm³/mol. The van der Waals surface area contributed by atoms with E-state index in [0.717, 1.165) is 37.7 Å². The molecule has 2 saturated heterocycles. The summed E-state index contributed by atoms with van der Waals surface area (Å²) >= 11 is 0. The lowest BCUT2D eigenvalue weighted by Crippen LogP contribution is -2.57. The molecule has 2 heterocycles. The molecule has 4 amide bonds. The maximum atomic E-state index is 14.1. The second-order valence-electron chi connectivity index (χ2n) is 12.6. The van der Waals surface area contributed by atoms with Gasteiger partial charge in [0.25, 0.3) is 0 Å². The van der Waals surface area contributed by atoms with Crippen molar-refractivity contribution in [2.24, 2.45) is 5.92 Å². The number of ether oxygens (including phenoxy) is 2. The first kappa shape index (κ1) is 30.7. The van der Waals surface area contributed by atoms with Crippen LogP contribution in [-0.2, 0) is 25.7 Å². The van der Waals surface area contributed by atoms with E-state index in [9.17, 15) is 19.2 Å². The van der Waals surface area contributed by atoms with Crippen LogP contribution in [0.3, 0.4) is 0 Å². The highest BCUT2D eigenvalue weighted by molar-refractivity contribution is 5.91. The number of carbonyl (C=O) groups excluding carboxylic acids is 4. The molecule has 4 rings (SSSR count). The maximum Gasteiger partial charge on any atom is 0.410 e. The molecule has 10 heteroatoms. The van der Waals surface area contributed by atoms with Crippen molar-refractivity contribution in [1.29, 1.82) is 0 Å². The summed E-state index contributed by atoms with van der Waals surface area (Å²) < 4.78 is 11.0. The van der Waals surface area contributed by atoms with Crippen LogP contribution in [-0.4, -0.2) is 88.6 Å². The van der Waals surface area contributed by atoms with Gasteiger partial charge in [0.2, 0.25) is 11.8 Å². The number of rotatable bonds is 7. The van der Waals surface area contributed by atoms with Crippen LogP contribution in [0.25, 0.3) is 0 Å². The van der Waals surface area contributed by atoms with E-state index in [2.05, 4.69) is 5.32 Å². The Kier molecular flexibility index (Phi) is 9.81. The van der Waals surface area contributed by atoms with Gasteiger partial charge in [-0.25, -0.2) is 9.59 Å². The van der Waals surface area contributed by atoms with Crippen LogP contribution in [0.4, 0.5) is 9.59 Å². The lowest BCUT2D eigenvalue weighted by Gasteiger charge is -2.36. The number of carbonyl (C=O) groups is 4. The summed E-state index contributed by atoms with van der Waals surface area (Å²) in [5, 5.41) is 3.03. The third-order valence-corrected chi connectivity index (χ3v) is 8.63. The number of benzene rings is 1. The molecule has 41 heavy (non-hydrogen) atoms. The number of likely N-dealkylation sites (tertiary alicyclic amines) is 2. The first-order chi connectivity index (χ1) is 19.5. The molecular formula is C31H46N4O6. The van der Waals surface area contributed by atoms with E-state index < -0.39 is 23.8 Å². The van der Waals surface area contributed by atoms with Gasteiger partial charge >= 0.3 is 12.2 Å². The Labute approximate surface area is 243 Å². The quantitative estimate of drug-likeness (QED) is 0.523. The van der Waals surface area contributed by atoms with Crippen molar-refractivity contribution in [3.63, 3.8) is 0 Å². The molecule has 2 aliphatic heterocycles. The smallest absolute Gasteiger partial charge is 0.410 e. The molecule has 4 atom stereocenters. The molecule has 1 aromatic rings. The van der Waals surface area contributed by atoms with E-state index in [0.29, 0.717) is 25.9 Å². The molecule has 1 aromatic carbocycles. The minimum atomic E-state index is -0.809. The third kappa shape index (κ3) is 7.51. The summed E-state index contributed by atoms with van der Waals surface area (Å²) in [4.78, 5) is 57.9. The van der Waals surface area contributed by atoms with Crippen LogP contribution < -0.4 is 5.32 Å². The summed E-state index contributed by atoms with van der Waals surface area (Å²) in [5.74, 6) is -0.438. The van der Waals surface area contributed by atoms with Crippen LogP contribution in [0, 0.1) is 5.92 Å². The fraction of sp³-hybridized carbons (Fsp3) is 0.677. The zero-order valence-electron chi connectivity index (χ0n) is 25.1. The largest absolute Gasteiger partial charge is 0.445 e. The highest BCUT2D eigenvalue weighted by Crippen LogP contribution is 2.35. The lowest BCUT2D eigenvalue weighted by atomic mass is 9.83. The van der Waals surface area contributed by atoms with Gasteiger partial charge in [-0.15, -0.1) is 0 Å². The van der Waals surface area contributed by atoms with Crippen molar-refractivity contribution in [2.45, 2.75) is 109 Å². The van der Waals surface area contributed by atoms with E-state index in [4.69, 9.17) is 9.47 Å². The van der Waals surface area contributed by atoms with Gasteiger partial charge in [-0.05, 0) is 64.9 Å². The van der Waals surface area contributed by atoms with E-state index in [-0.39, 0.29) is 42.5 Å². The van der Waals surface area contributed by atoms with Gasteiger partial charge in [0.05, 0.1) is 12.1 Å². The van der Waals surface area contributed by atoms with Gasteiger partial charge in [-0.2, -0.15) is 0 Å². The van der Waals surface area contributed by atoms with E-state index in [1.807, 2.05) is 35.2 Å². The molecule has 10 nitrogen and oxygen atoms in total. The van der Waals surface area contributed by atoms with Crippen LogP contribution >= 0.6 is 0 Å². The molecule has 226 valence electrons. The number of nitrogens with one attached hydrogen (secondary N) is 1. The molecule has 1 saturated carbocycles. The van der Waals surface area contributed by atoms with Gasteiger partial charge in [0, 0.05) is 20.1 Å². The predicted octanol–water partition coefficient (Wildman–Crippen LogP) is 4.32. The van der Waals surface area contributed by atoms with Crippen molar-refractivity contribution in [3.05, 3.63) is 35.9 Å². The van der Waals surface area contributed by atoms with Crippen molar-refractivity contribution >= 4 is 24.0 Å². The SMILES string of the molecule is C[C@@H](C(=O)N[C@H](C(=O)N1CC[C@@H]2[C@H]1CCN2C(=O)OCc1ccccc1)C1CCCCC1)N(C)C(=O)OC(C)(C)C. The van der Waals surface area contributed by atoms with Crippen molar-refractivity contribution in [3.8, 4) is 0 Å². The van der Waals surface area contributed by atoms with E-state index in [1.54, 1.807) is 32.6 Å². The fourth-order valence-corrected chi connectivity index (χ4v) is 6.26. The Morgan fingerprint density at radius 1 is 0.951 bits per heavy atom. The topological polar surface area (TPSA) is 108 Å². The highest BCUT2D eigenvalue weighted by atomic mass is 16.6. The van der Waals surface area contributed by atoms with Crippen LogP contribution in [0.1, 0.15) is 78.2 Å². The monoisotopic (exact) mass is 570 g/mol. The van der Waals surface area contributed by atoms with Gasteiger partial charge in [-0.1, -0.05) is 49.6 Å². The van der Waals surface area contributed by atoms with E-state index >= 15 is 0 Å². The van der Waals surface area contributed by atoms with Gasteiger partial charge in [0.15, 0.2) is 0 Å². The Hall–Kier alpha value is -3.30. The second-order valence-corrected chi connectivity index (χ2v) is 12.6. The number of likely N-dealkylation sites (N-methyl/N-ethyl adjacent to an activating group) is 1. The Bertz CT molecular complexity index is 1080. The normalized spacial score (nSPS) is 22.5. The van der Waals surface area contributed by atoms with Crippen molar-refractivity contribution in [2.75, 3.05) is 20.1 Å². The molecule has 0 unspecified atom stereocenters. The van der Waals surface area contributed by atoms with Crippen molar-refractivity contribution in [1.82, 2.24) is 20.0 Å². The summed E-state index contributed by atoms with van der Waals surface area (Å²) in [6.45, 7) is 8.24. The molecule has 3 fully saturated rings. The molecule has 3 aliphatic rings. The molecule has 1 N–H and O–H groups in total. The van der Waals surface area contributed by atoms with E-state index in [1.165, 1.54) is 11.9 Å². The minimum Gasteiger partial charge on any atom is -0.445 e. The number of fused-ring (bicyclic) bond motifs is 1. The second kappa shape index (κ2) is 13.1. The standard InChI is InChI=1S/C31H46N4O6/c1-21(33(5)29(38)41-31(2,3)4)27(36)32-26(23-14-10-7-11-15-23)28(37)34-18-16-25-24(34)17-19-35(25)30(39)40-20-22-12-8-6-9-13-22/h6,8-9,12-13,21,23-26H,7,10-11,14-20H2,1-5H3,(H,32,36)/t21-,24+,25+,26-/m0/s1. The Morgan fingerprint density at radius 2 is 1.56 bits per heavy atom. The van der Waals surface area contributed by atoms with Crippen LogP contribution in [0.15, 0.2) is 30.3 Å². The highest BCUT2D eigenvalue weighted by Gasteiger charge is 2.49. The molecule has 0 radical (unpaired) electrons. The zero-order valence-corrected chi connectivity index (χ0v) is 25.1. The van der Waals surface area contributed by atoms with Crippen LogP contribution in [0.2, 0.25) is 0 Å². The number of hydrogen-bond donors (Lipinski definition) is 1. The molecule has 0 aromatic heterocycles. The fourth-order valence-electron chi connectivity index (χ4n) is 6.26. The van der Waals surface area contributed by atoms with Crippen molar-refractivity contribution < 1.29 is 28.7 Å². The molecular weight excluding hydrogens is 524 g/mol. The van der Waals surface area contributed by atoms with Gasteiger partial charge in [-0.3, -0.25) is 14.5 Å². The van der Waals surface area contributed by atoms with Gasteiger partial charge < -0.3 is 24.6 Å². The summed E-state index contributed by atoms with van der Waals surface area (Å²) in [5.41, 5.74) is 0.245. The summed E-state index contributed by atoms with van der Waals surface area (Å²) in [6.07, 6.45) is 5.31. The summed E-state index contributed by atoms with van der Waals surface area (Å²) in [7, 11) is 1.53. The third-order valence-electron chi connectivity index (χ3n) is 8.63. The number of nitrogens with zero attached hydrogens (tertiary/aromatic N) is 3. The Balaban J connectivity index is 1.41. The first-order valence-electron chi connectivity index (χ1n) is 15.0. The molecule has 0 spiro atoms. The number of hydrogen-bond acceptors (Lipinski definition) is 6. The number of amides is 4. The van der Waals surface area contributed by atoms with Crippen LogP contribution in [0.5, 0.6) is 0 Å². The molecule has 1 aliphatic carbocycles. The zero-order chi connectivity index (χ0) is 29.7. The Morgan fingerprint density at radius 3 is 2.20 bits per heavy atom. The maximum absolute atomic E-state index is 14.1.